The van der Waals surface area contributed by atoms with E-state index in [2.05, 4.69) is 276 Å². The zero-order valence-electron chi connectivity index (χ0n) is 36.3. The van der Waals surface area contributed by atoms with Gasteiger partial charge in [-0.25, -0.2) is 0 Å². The van der Waals surface area contributed by atoms with Crippen LogP contribution < -0.4 is 4.90 Å². The quantitative estimate of drug-likeness (QED) is 0.141. The third-order valence-corrected chi connectivity index (χ3v) is 13.0. The summed E-state index contributed by atoms with van der Waals surface area (Å²) >= 11 is 0. The van der Waals surface area contributed by atoms with Crippen molar-refractivity contribution in [1.29, 1.82) is 0 Å². The number of nitrogens with zero attached hydrogens (tertiary/aromatic N) is 2. The molecule has 1 heterocycles. The van der Waals surface area contributed by atoms with Crippen LogP contribution in [0.1, 0.15) is 0 Å². The van der Waals surface area contributed by atoms with Crippen LogP contribution in [0.5, 0.6) is 0 Å². The summed E-state index contributed by atoms with van der Waals surface area (Å²) in [4.78, 5) is 2.33. The van der Waals surface area contributed by atoms with E-state index in [1.54, 1.807) is 0 Å². The van der Waals surface area contributed by atoms with Crippen molar-refractivity contribution in [2.45, 2.75) is 0 Å². The average Bonchev–Trinajstić information content (AvgIpc) is 3.73. The fraction of sp³-hybridized carbons (Fsp3) is 0. The monoisotopic (exact) mass is 840 g/mol. The van der Waals surface area contributed by atoms with E-state index in [0.717, 1.165) is 22.7 Å². The van der Waals surface area contributed by atoms with Crippen LogP contribution in [0, 0.1) is 0 Å². The van der Waals surface area contributed by atoms with E-state index >= 15 is 0 Å². The average molecular weight is 841 g/mol. The third-order valence-electron chi connectivity index (χ3n) is 13.0. The van der Waals surface area contributed by atoms with Gasteiger partial charge in [0, 0.05) is 33.5 Å². The fourth-order valence-corrected chi connectivity index (χ4v) is 9.73. The van der Waals surface area contributed by atoms with E-state index in [1.165, 1.54) is 88.2 Å². The molecule has 0 unspecified atom stereocenters. The summed E-state index contributed by atoms with van der Waals surface area (Å²) in [6.45, 7) is 0. The molecular weight excluding hydrogens is 797 g/mol. The largest absolute Gasteiger partial charge is 0.311 e. The van der Waals surface area contributed by atoms with Gasteiger partial charge in [-0.05, 0) is 145 Å². The van der Waals surface area contributed by atoms with Crippen molar-refractivity contribution in [3.8, 4) is 61.3 Å². The summed E-state index contributed by atoms with van der Waals surface area (Å²) in [5.41, 5.74) is 18.7. The summed E-state index contributed by atoms with van der Waals surface area (Å²) in [5, 5.41) is 4.93. The van der Waals surface area contributed by atoms with Gasteiger partial charge in [0.2, 0.25) is 0 Å². The van der Waals surface area contributed by atoms with Gasteiger partial charge in [0.1, 0.15) is 0 Å². The first-order valence-corrected chi connectivity index (χ1v) is 22.7. The van der Waals surface area contributed by atoms with Gasteiger partial charge in [-0.2, -0.15) is 0 Å². The summed E-state index contributed by atoms with van der Waals surface area (Å²) in [7, 11) is 0. The first kappa shape index (κ1) is 38.9. The summed E-state index contributed by atoms with van der Waals surface area (Å²) in [6, 6.07) is 96.9. The van der Waals surface area contributed by atoms with E-state index in [9.17, 15) is 0 Å². The standard InChI is InChI=1S/C64H44N2/c1-4-16-45(17-5-1)48-30-35-56(36-31-48)65(55-22-8-3-9-23-55)57-37-32-49(33-38-57)59-24-12-13-25-60(59)52-34-39-64-62(44-52)61-26-14-15-27-63(61)66(64)58-42-53(46-18-6-2-7-19-46)41-54(43-58)51-29-28-47-20-10-11-21-50(47)40-51/h1-44H. The predicted octanol–water partition coefficient (Wildman–Crippen LogP) is 17.7. The second-order valence-electron chi connectivity index (χ2n) is 17.0. The molecule has 0 aliphatic carbocycles. The highest BCUT2D eigenvalue weighted by Crippen LogP contribution is 2.42. The van der Waals surface area contributed by atoms with Crippen molar-refractivity contribution in [2.24, 2.45) is 0 Å². The van der Waals surface area contributed by atoms with E-state index in [-0.39, 0.29) is 0 Å². The Kier molecular flexibility index (Phi) is 9.89. The first-order valence-electron chi connectivity index (χ1n) is 22.7. The maximum absolute atomic E-state index is 2.45. The molecule has 12 aromatic rings. The topological polar surface area (TPSA) is 8.17 Å². The molecule has 310 valence electrons. The van der Waals surface area contributed by atoms with Crippen LogP contribution in [-0.2, 0) is 0 Å². The van der Waals surface area contributed by atoms with Crippen molar-refractivity contribution in [3.05, 3.63) is 267 Å². The van der Waals surface area contributed by atoms with Crippen LogP contribution in [0.4, 0.5) is 17.1 Å². The van der Waals surface area contributed by atoms with E-state index in [4.69, 9.17) is 0 Å². The van der Waals surface area contributed by atoms with Gasteiger partial charge in [0.05, 0.1) is 11.0 Å². The Bertz CT molecular complexity index is 3660. The molecule has 2 heteroatoms. The van der Waals surface area contributed by atoms with Gasteiger partial charge in [-0.3, -0.25) is 0 Å². The second-order valence-corrected chi connectivity index (χ2v) is 17.0. The van der Waals surface area contributed by atoms with Crippen molar-refractivity contribution >= 4 is 49.6 Å². The molecule has 0 bridgehead atoms. The van der Waals surface area contributed by atoms with E-state index in [1.807, 2.05) is 0 Å². The maximum atomic E-state index is 2.45. The molecule has 0 radical (unpaired) electrons. The Balaban J connectivity index is 0.939. The molecule has 0 aliphatic rings. The molecule has 1 aromatic heterocycles. The molecule has 0 aliphatic heterocycles. The van der Waals surface area contributed by atoms with E-state index in [0.29, 0.717) is 0 Å². The van der Waals surface area contributed by atoms with Crippen LogP contribution in [0.3, 0.4) is 0 Å². The number of hydrogen-bond acceptors (Lipinski definition) is 1. The van der Waals surface area contributed by atoms with Crippen LogP contribution >= 0.6 is 0 Å². The van der Waals surface area contributed by atoms with Crippen molar-refractivity contribution < 1.29 is 0 Å². The molecule has 0 fully saturated rings. The Morgan fingerprint density at radius 3 is 1.41 bits per heavy atom. The van der Waals surface area contributed by atoms with Gasteiger partial charge in [-0.15, -0.1) is 0 Å². The molecule has 0 saturated carbocycles. The summed E-state index contributed by atoms with van der Waals surface area (Å²) in [6.07, 6.45) is 0. The lowest BCUT2D eigenvalue weighted by Gasteiger charge is -2.26. The molecular formula is C64H44N2. The number of fused-ring (bicyclic) bond motifs is 4. The number of hydrogen-bond donors (Lipinski definition) is 0. The van der Waals surface area contributed by atoms with Crippen LogP contribution in [0.25, 0.3) is 93.9 Å². The Labute approximate surface area is 385 Å². The normalized spacial score (nSPS) is 11.3. The zero-order valence-corrected chi connectivity index (χ0v) is 36.3. The minimum atomic E-state index is 1.10. The van der Waals surface area contributed by atoms with Gasteiger partial charge in [-0.1, -0.05) is 188 Å². The Morgan fingerprint density at radius 2 is 0.712 bits per heavy atom. The zero-order chi connectivity index (χ0) is 43.8. The fourth-order valence-electron chi connectivity index (χ4n) is 9.73. The molecule has 12 rings (SSSR count). The third kappa shape index (κ3) is 7.21. The number of benzene rings is 11. The van der Waals surface area contributed by atoms with Crippen molar-refractivity contribution in [3.63, 3.8) is 0 Å². The Hall–Kier alpha value is -8.72. The predicted molar refractivity (Wildman–Crippen MR) is 280 cm³/mol. The van der Waals surface area contributed by atoms with Gasteiger partial charge in [0.25, 0.3) is 0 Å². The SMILES string of the molecule is c1ccc(-c2ccc(N(c3ccccc3)c3ccc(-c4ccccc4-c4ccc5c(c4)c4ccccc4n5-c4cc(-c5ccccc5)cc(-c5ccc6ccccc6c5)c4)cc3)cc2)cc1. The molecule has 0 spiro atoms. The lowest BCUT2D eigenvalue weighted by molar-refractivity contribution is 1.18. The van der Waals surface area contributed by atoms with E-state index < -0.39 is 0 Å². The minimum Gasteiger partial charge on any atom is -0.311 e. The lowest BCUT2D eigenvalue weighted by atomic mass is 9.93. The lowest BCUT2D eigenvalue weighted by Crippen LogP contribution is -2.09. The second kappa shape index (κ2) is 16.8. The van der Waals surface area contributed by atoms with Crippen molar-refractivity contribution in [1.82, 2.24) is 4.57 Å². The first-order chi connectivity index (χ1) is 32.7. The summed E-state index contributed by atoms with van der Waals surface area (Å²) < 4.78 is 2.45. The number of aromatic nitrogens is 1. The minimum absolute atomic E-state index is 1.10. The molecule has 0 amide bonds. The van der Waals surface area contributed by atoms with Crippen LogP contribution in [-0.4, -0.2) is 4.57 Å². The molecule has 0 N–H and O–H groups in total. The van der Waals surface area contributed by atoms with Crippen molar-refractivity contribution in [2.75, 3.05) is 4.90 Å². The number of para-hydroxylation sites is 2. The number of rotatable bonds is 9. The summed E-state index contributed by atoms with van der Waals surface area (Å²) in [5.74, 6) is 0. The Morgan fingerprint density at radius 1 is 0.242 bits per heavy atom. The molecule has 66 heavy (non-hydrogen) atoms. The molecule has 0 atom stereocenters. The van der Waals surface area contributed by atoms with Gasteiger partial charge < -0.3 is 9.47 Å². The van der Waals surface area contributed by atoms with Crippen LogP contribution in [0.2, 0.25) is 0 Å². The van der Waals surface area contributed by atoms with Crippen LogP contribution in [0.15, 0.2) is 267 Å². The highest BCUT2D eigenvalue weighted by molar-refractivity contribution is 6.11. The maximum Gasteiger partial charge on any atom is 0.0541 e. The molecule has 0 saturated heterocycles. The highest BCUT2D eigenvalue weighted by Gasteiger charge is 2.18. The molecule has 2 nitrogen and oxygen atoms in total. The van der Waals surface area contributed by atoms with Gasteiger partial charge >= 0.3 is 0 Å². The van der Waals surface area contributed by atoms with Gasteiger partial charge in [0.15, 0.2) is 0 Å². The highest BCUT2D eigenvalue weighted by atomic mass is 15.1. The molecule has 11 aromatic carbocycles. The number of anilines is 3. The smallest absolute Gasteiger partial charge is 0.0541 e.